The van der Waals surface area contributed by atoms with Crippen molar-refractivity contribution in [3.63, 3.8) is 0 Å². The molecule has 1 aliphatic rings. The van der Waals surface area contributed by atoms with Gasteiger partial charge in [0.1, 0.15) is 6.10 Å². The monoisotopic (exact) mass is 347 g/mol. The van der Waals surface area contributed by atoms with E-state index in [1.807, 2.05) is 6.92 Å². The van der Waals surface area contributed by atoms with Gasteiger partial charge in [0.2, 0.25) is 0 Å². The van der Waals surface area contributed by atoms with Gasteiger partial charge in [-0.05, 0) is 31.9 Å². The number of carbonyl (C=O) groups excluding carboxylic acids is 1. The minimum atomic E-state index is -0.241. The molecule has 0 spiro atoms. The van der Waals surface area contributed by atoms with E-state index in [1.165, 1.54) is 23.8 Å². The zero-order valence-electron chi connectivity index (χ0n) is 15.7. The van der Waals surface area contributed by atoms with Crippen LogP contribution in [0.2, 0.25) is 0 Å². The van der Waals surface area contributed by atoms with E-state index in [-0.39, 0.29) is 18.5 Å². The molecule has 0 aromatic heterocycles. The van der Waals surface area contributed by atoms with E-state index in [4.69, 9.17) is 4.74 Å². The van der Waals surface area contributed by atoms with Gasteiger partial charge >= 0.3 is 5.97 Å². The van der Waals surface area contributed by atoms with Crippen molar-refractivity contribution < 1.29 is 14.3 Å². The summed E-state index contributed by atoms with van der Waals surface area (Å²) in [5, 5.41) is 3.31. The van der Waals surface area contributed by atoms with E-state index < -0.39 is 0 Å². The number of hydrogen-bond acceptors (Lipinski definition) is 4. The van der Waals surface area contributed by atoms with E-state index in [0.29, 0.717) is 13.2 Å². The van der Waals surface area contributed by atoms with E-state index >= 15 is 0 Å². The highest BCUT2D eigenvalue weighted by Crippen LogP contribution is 2.25. The van der Waals surface area contributed by atoms with Crippen LogP contribution in [0.3, 0.4) is 0 Å². The number of aryl methyl sites for hydroxylation is 2. The maximum atomic E-state index is 11.3. The molecule has 0 amide bonds. The van der Waals surface area contributed by atoms with E-state index in [0.717, 1.165) is 25.6 Å². The van der Waals surface area contributed by atoms with Gasteiger partial charge in [-0.1, -0.05) is 23.8 Å². The van der Waals surface area contributed by atoms with Gasteiger partial charge in [-0.15, -0.1) is 0 Å². The summed E-state index contributed by atoms with van der Waals surface area (Å²) in [7, 11) is 1.40. The molecule has 0 radical (unpaired) electrons. The second-order valence-electron chi connectivity index (χ2n) is 6.23. The second-order valence-corrected chi connectivity index (χ2v) is 6.23. The molecule has 1 N–H and O–H groups in total. The Hall–Kier alpha value is -2.08. The zero-order valence-corrected chi connectivity index (χ0v) is 15.7. The average molecular weight is 347 g/mol. The third kappa shape index (κ3) is 5.46. The Balaban J connectivity index is 2.08. The van der Waals surface area contributed by atoms with Gasteiger partial charge in [-0.3, -0.25) is 9.79 Å². The zero-order chi connectivity index (χ0) is 18.2. The number of esters is 1. The molecule has 1 aromatic carbocycles. The van der Waals surface area contributed by atoms with E-state index in [1.54, 1.807) is 0 Å². The van der Waals surface area contributed by atoms with Crippen molar-refractivity contribution in [2.24, 2.45) is 4.99 Å². The number of rotatable bonds is 5. The molecule has 0 bridgehead atoms. The highest BCUT2D eigenvalue weighted by molar-refractivity contribution is 5.80. The van der Waals surface area contributed by atoms with Crippen LogP contribution in [0.15, 0.2) is 23.2 Å². The van der Waals surface area contributed by atoms with Gasteiger partial charge in [-0.2, -0.15) is 0 Å². The van der Waals surface area contributed by atoms with Gasteiger partial charge in [0.15, 0.2) is 5.96 Å². The topological polar surface area (TPSA) is 63.2 Å². The fraction of sp³-hybridized carbons (Fsp3) is 0.579. The van der Waals surface area contributed by atoms with Crippen molar-refractivity contribution in [3.8, 4) is 0 Å². The molecule has 0 aliphatic carbocycles. The van der Waals surface area contributed by atoms with Gasteiger partial charge < -0.3 is 19.7 Å². The average Bonchev–Trinajstić information content (AvgIpc) is 2.61. The summed E-state index contributed by atoms with van der Waals surface area (Å²) in [6, 6.07) is 6.47. The number of ether oxygens (including phenoxy) is 2. The second kappa shape index (κ2) is 9.42. The molecular weight excluding hydrogens is 318 g/mol. The van der Waals surface area contributed by atoms with Crippen molar-refractivity contribution in [1.82, 2.24) is 10.2 Å². The number of carbonyl (C=O) groups is 1. The predicted octanol–water partition coefficient (Wildman–Crippen LogP) is 2.21. The summed E-state index contributed by atoms with van der Waals surface area (Å²) in [4.78, 5) is 18.1. The molecule has 1 atom stereocenters. The van der Waals surface area contributed by atoms with Crippen LogP contribution < -0.4 is 5.32 Å². The molecule has 1 heterocycles. The van der Waals surface area contributed by atoms with Crippen LogP contribution in [0.4, 0.5) is 0 Å². The minimum absolute atomic E-state index is 0.0267. The van der Waals surface area contributed by atoms with Crippen LogP contribution in [0.25, 0.3) is 0 Å². The molecule has 1 aromatic rings. The van der Waals surface area contributed by atoms with Gasteiger partial charge in [0.05, 0.1) is 33.2 Å². The van der Waals surface area contributed by atoms with Crippen molar-refractivity contribution in [1.29, 1.82) is 0 Å². The van der Waals surface area contributed by atoms with Gasteiger partial charge in [0, 0.05) is 13.1 Å². The number of morpholine rings is 1. The summed E-state index contributed by atoms with van der Waals surface area (Å²) in [6.45, 7) is 9.64. The first-order valence-corrected chi connectivity index (χ1v) is 8.84. The van der Waals surface area contributed by atoms with Gasteiger partial charge in [-0.25, -0.2) is 0 Å². The molecule has 138 valence electrons. The molecular formula is C19H29N3O3. The summed E-state index contributed by atoms with van der Waals surface area (Å²) in [5.74, 6) is 0.583. The van der Waals surface area contributed by atoms with Crippen molar-refractivity contribution >= 4 is 11.9 Å². The number of methoxy groups -OCH3 is 1. The smallest absolute Gasteiger partial charge is 0.307 e. The molecule has 1 unspecified atom stereocenters. The molecule has 0 saturated carbocycles. The fourth-order valence-electron chi connectivity index (χ4n) is 3.00. The maximum absolute atomic E-state index is 11.3. The highest BCUT2D eigenvalue weighted by Gasteiger charge is 2.25. The maximum Gasteiger partial charge on any atom is 0.307 e. The van der Waals surface area contributed by atoms with Crippen LogP contribution in [0, 0.1) is 13.8 Å². The quantitative estimate of drug-likeness (QED) is 0.503. The highest BCUT2D eigenvalue weighted by atomic mass is 16.5. The molecule has 25 heavy (non-hydrogen) atoms. The lowest BCUT2D eigenvalue weighted by Gasteiger charge is -2.36. The van der Waals surface area contributed by atoms with Crippen LogP contribution in [0.5, 0.6) is 0 Å². The Morgan fingerprint density at radius 3 is 2.92 bits per heavy atom. The third-order valence-corrected chi connectivity index (χ3v) is 4.28. The fourth-order valence-corrected chi connectivity index (χ4v) is 3.00. The largest absolute Gasteiger partial charge is 0.469 e. The van der Waals surface area contributed by atoms with Crippen molar-refractivity contribution in [3.05, 3.63) is 34.9 Å². The molecule has 1 fully saturated rings. The Morgan fingerprint density at radius 2 is 2.24 bits per heavy atom. The van der Waals surface area contributed by atoms with Crippen LogP contribution in [0.1, 0.15) is 36.1 Å². The molecule has 6 heteroatoms. The Morgan fingerprint density at radius 1 is 1.44 bits per heavy atom. The number of guanidine groups is 1. The number of hydrogen-bond donors (Lipinski definition) is 1. The predicted molar refractivity (Wildman–Crippen MR) is 98.8 cm³/mol. The number of nitrogens with zero attached hydrogens (tertiary/aromatic N) is 2. The number of benzene rings is 1. The minimum Gasteiger partial charge on any atom is -0.469 e. The summed E-state index contributed by atoms with van der Waals surface area (Å²) < 4.78 is 10.7. The van der Waals surface area contributed by atoms with Crippen molar-refractivity contribution in [2.75, 3.05) is 39.9 Å². The van der Waals surface area contributed by atoms with E-state index in [9.17, 15) is 4.79 Å². The normalized spacial score (nSPS) is 18.2. The standard InChI is InChI=1S/C19H29N3O3/c1-5-20-19(21-9-8-18(23)24-4)22-10-11-25-17(13-22)16-7-6-14(2)12-15(16)3/h6-7,12,17H,5,8-11,13H2,1-4H3,(H,20,21). The lowest BCUT2D eigenvalue weighted by atomic mass is 10.00. The van der Waals surface area contributed by atoms with Crippen molar-refractivity contribution in [2.45, 2.75) is 33.3 Å². The third-order valence-electron chi connectivity index (χ3n) is 4.28. The summed E-state index contributed by atoms with van der Waals surface area (Å²) >= 11 is 0. The van der Waals surface area contributed by atoms with Crippen LogP contribution >= 0.6 is 0 Å². The van der Waals surface area contributed by atoms with Crippen LogP contribution in [-0.4, -0.2) is 56.7 Å². The molecule has 1 saturated heterocycles. The number of nitrogens with one attached hydrogen (secondary N) is 1. The Bertz CT molecular complexity index is 616. The van der Waals surface area contributed by atoms with E-state index in [2.05, 4.69) is 52.0 Å². The first-order valence-electron chi connectivity index (χ1n) is 8.84. The summed E-state index contributed by atoms with van der Waals surface area (Å²) in [5.41, 5.74) is 3.73. The molecule has 6 nitrogen and oxygen atoms in total. The first kappa shape index (κ1) is 19.2. The van der Waals surface area contributed by atoms with Crippen LogP contribution in [-0.2, 0) is 14.3 Å². The lowest BCUT2D eigenvalue weighted by Crippen LogP contribution is -2.48. The Labute approximate surface area is 150 Å². The first-order chi connectivity index (χ1) is 12.0. The number of aliphatic imine (C=N–C) groups is 1. The Kier molecular flexibility index (Phi) is 7.25. The van der Waals surface area contributed by atoms with Gasteiger partial charge in [0.25, 0.3) is 0 Å². The molecule has 1 aliphatic heterocycles. The summed E-state index contributed by atoms with van der Waals surface area (Å²) in [6.07, 6.45) is 0.315. The molecule has 2 rings (SSSR count). The SMILES string of the molecule is CCNC(=NCCC(=O)OC)N1CCOC(c2ccc(C)cc2C)C1. The lowest BCUT2D eigenvalue weighted by molar-refractivity contribution is -0.140.